The van der Waals surface area contributed by atoms with Crippen molar-refractivity contribution >= 4 is 29.8 Å². The molecular weight excluding hydrogens is 352 g/mol. The molecule has 0 fully saturated rings. The molecule has 7 nitrogen and oxygen atoms in total. The highest BCUT2D eigenvalue weighted by molar-refractivity contribution is 5.72. The minimum absolute atomic E-state index is 0.209. The van der Waals surface area contributed by atoms with Crippen molar-refractivity contribution in [3.63, 3.8) is 0 Å². The molecule has 2 aromatic heterocycles. The van der Waals surface area contributed by atoms with Gasteiger partial charge < -0.3 is 4.90 Å². The zero-order valence-electron chi connectivity index (χ0n) is 16.0. The lowest BCUT2D eigenvalue weighted by Crippen LogP contribution is -2.13. The summed E-state index contributed by atoms with van der Waals surface area (Å²) in [6, 6.07) is 15.6. The molecule has 4 aromatic rings. The number of rotatable bonds is 4. The van der Waals surface area contributed by atoms with E-state index in [1.54, 1.807) is 15.3 Å². The fourth-order valence-corrected chi connectivity index (χ4v) is 3.07. The van der Waals surface area contributed by atoms with Crippen molar-refractivity contribution < 1.29 is 0 Å². The van der Waals surface area contributed by atoms with Gasteiger partial charge in [0.1, 0.15) is 5.69 Å². The van der Waals surface area contributed by atoms with Gasteiger partial charge in [-0.1, -0.05) is 42.0 Å². The number of para-hydroxylation sites is 2. The van der Waals surface area contributed by atoms with Crippen LogP contribution in [-0.2, 0) is 0 Å². The Bertz CT molecular complexity index is 1230. The molecule has 0 saturated carbocycles. The molecule has 0 radical (unpaired) electrons. The van der Waals surface area contributed by atoms with E-state index in [0.717, 1.165) is 22.5 Å². The maximum atomic E-state index is 12.5. The summed E-state index contributed by atoms with van der Waals surface area (Å²) in [6.07, 6.45) is 1.70. The normalized spacial score (nSPS) is 11.0. The van der Waals surface area contributed by atoms with Crippen LogP contribution in [0.15, 0.2) is 59.5 Å². The van der Waals surface area contributed by atoms with Gasteiger partial charge in [-0.15, -0.1) is 4.52 Å². The van der Waals surface area contributed by atoms with Gasteiger partial charge in [0.15, 0.2) is 0 Å². The van der Waals surface area contributed by atoms with Crippen LogP contribution in [0.4, 0.5) is 17.3 Å². The van der Waals surface area contributed by atoms with E-state index in [1.165, 1.54) is 0 Å². The van der Waals surface area contributed by atoms with E-state index in [1.807, 2.05) is 74.4 Å². The summed E-state index contributed by atoms with van der Waals surface area (Å²) >= 11 is 0. The van der Waals surface area contributed by atoms with Gasteiger partial charge in [0.25, 0.3) is 5.56 Å². The second-order valence-corrected chi connectivity index (χ2v) is 6.85. The first kappa shape index (κ1) is 17.7. The van der Waals surface area contributed by atoms with Crippen molar-refractivity contribution in [3.05, 3.63) is 70.6 Å². The van der Waals surface area contributed by atoms with E-state index in [9.17, 15) is 4.79 Å². The van der Waals surface area contributed by atoms with Gasteiger partial charge in [0, 0.05) is 25.9 Å². The molecule has 0 bridgehead atoms. The highest BCUT2D eigenvalue weighted by Crippen LogP contribution is 2.28. The number of benzene rings is 2. The van der Waals surface area contributed by atoms with Gasteiger partial charge in [-0.3, -0.25) is 9.78 Å². The minimum atomic E-state index is -0.209. The highest BCUT2D eigenvalue weighted by Gasteiger charge is 2.22. The van der Waals surface area contributed by atoms with Crippen molar-refractivity contribution in [1.82, 2.24) is 24.2 Å². The molecule has 140 valence electrons. The molecular formula is C21H21N6O+. The Morgan fingerprint density at radius 1 is 1.11 bits per heavy atom. The standard InChI is InChI=1S/C21H20N6O/c1-14-9-11-15(12-10-14)16-13-27-20(22-19(16)28)23-21(24-27)26(4)18-8-6-5-7-17(18)25(2)3/h5-13H,4H2,1-3H3/p+1. The van der Waals surface area contributed by atoms with Crippen molar-refractivity contribution in [1.29, 1.82) is 0 Å². The lowest BCUT2D eigenvalue weighted by molar-refractivity contribution is 0.895. The topological polar surface area (TPSA) is 69.3 Å². The summed E-state index contributed by atoms with van der Waals surface area (Å²) in [5.41, 5.74) is 4.15. The fourth-order valence-electron chi connectivity index (χ4n) is 3.07. The van der Waals surface area contributed by atoms with Crippen molar-refractivity contribution in [2.45, 2.75) is 6.92 Å². The monoisotopic (exact) mass is 373 g/mol. The van der Waals surface area contributed by atoms with Crippen LogP contribution in [-0.4, -0.2) is 40.4 Å². The number of aryl methyl sites for hydroxylation is 1. The van der Waals surface area contributed by atoms with E-state index in [4.69, 9.17) is 0 Å². The van der Waals surface area contributed by atoms with Crippen molar-refractivity contribution in [3.8, 4) is 11.1 Å². The molecule has 4 rings (SSSR count). The highest BCUT2D eigenvalue weighted by atomic mass is 16.1. The molecule has 0 unspecified atom stereocenters. The molecule has 0 aliphatic heterocycles. The van der Waals surface area contributed by atoms with Crippen LogP contribution in [0.25, 0.3) is 16.9 Å². The maximum absolute atomic E-state index is 12.5. The Balaban J connectivity index is 1.80. The van der Waals surface area contributed by atoms with Crippen LogP contribution in [0.3, 0.4) is 0 Å². The molecule has 0 aliphatic rings. The molecule has 2 aromatic carbocycles. The SMILES string of the molecule is C=[N+](c1nc2[nH]c(=O)c(-c3ccc(C)cc3)cn2n1)c1ccccc1N(C)C. The van der Waals surface area contributed by atoms with Gasteiger partial charge in [0.2, 0.25) is 0 Å². The van der Waals surface area contributed by atoms with Gasteiger partial charge in [0.05, 0.1) is 17.4 Å². The largest absolute Gasteiger partial charge is 0.462 e. The van der Waals surface area contributed by atoms with E-state index >= 15 is 0 Å². The number of H-pyrrole nitrogens is 1. The van der Waals surface area contributed by atoms with Gasteiger partial charge in [-0.05, 0) is 29.6 Å². The third kappa shape index (κ3) is 3.07. The van der Waals surface area contributed by atoms with E-state index in [0.29, 0.717) is 17.3 Å². The maximum Gasteiger partial charge on any atom is 0.462 e. The van der Waals surface area contributed by atoms with Crippen LogP contribution >= 0.6 is 0 Å². The third-order valence-electron chi connectivity index (χ3n) is 4.60. The lowest BCUT2D eigenvalue weighted by Gasteiger charge is -2.15. The van der Waals surface area contributed by atoms with Crippen LogP contribution in [0.5, 0.6) is 0 Å². The van der Waals surface area contributed by atoms with Crippen molar-refractivity contribution in [2.24, 2.45) is 0 Å². The first-order valence-corrected chi connectivity index (χ1v) is 8.88. The van der Waals surface area contributed by atoms with Crippen molar-refractivity contribution in [2.75, 3.05) is 19.0 Å². The Kier molecular flexibility index (Phi) is 4.27. The number of nitrogens with zero attached hydrogens (tertiary/aromatic N) is 5. The second kappa shape index (κ2) is 6.77. The quantitative estimate of drug-likeness (QED) is 0.441. The summed E-state index contributed by atoms with van der Waals surface area (Å²) < 4.78 is 3.23. The van der Waals surface area contributed by atoms with Crippen LogP contribution in [0.2, 0.25) is 0 Å². The summed E-state index contributed by atoms with van der Waals surface area (Å²) in [7, 11) is 3.93. The molecule has 0 spiro atoms. The molecule has 0 saturated heterocycles. The van der Waals surface area contributed by atoms with Gasteiger partial charge >= 0.3 is 11.7 Å². The third-order valence-corrected chi connectivity index (χ3v) is 4.60. The summed E-state index contributed by atoms with van der Waals surface area (Å²) in [6.45, 7) is 6.12. The molecule has 0 amide bonds. The van der Waals surface area contributed by atoms with E-state index in [-0.39, 0.29) is 5.56 Å². The number of fused-ring (bicyclic) bond motifs is 1. The lowest BCUT2D eigenvalue weighted by atomic mass is 10.1. The van der Waals surface area contributed by atoms with E-state index in [2.05, 4.69) is 21.8 Å². The number of anilines is 1. The van der Waals surface area contributed by atoms with Crippen LogP contribution in [0, 0.1) is 6.92 Å². The molecule has 0 atom stereocenters. The van der Waals surface area contributed by atoms with Crippen LogP contribution < -0.4 is 15.0 Å². The number of hydrogen-bond donors (Lipinski definition) is 1. The summed E-state index contributed by atoms with van der Waals surface area (Å²) in [5, 5.41) is 4.51. The molecule has 7 heteroatoms. The van der Waals surface area contributed by atoms with Crippen LogP contribution in [0.1, 0.15) is 5.56 Å². The molecule has 28 heavy (non-hydrogen) atoms. The average molecular weight is 373 g/mol. The zero-order valence-corrected chi connectivity index (χ0v) is 16.0. The number of hydrogen-bond acceptors (Lipinski definition) is 4. The Hall–Kier alpha value is -3.74. The predicted molar refractivity (Wildman–Crippen MR) is 113 cm³/mol. The molecule has 0 aliphatic carbocycles. The average Bonchev–Trinajstić information content (AvgIpc) is 3.10. The molecule has 2 heterocycles. The second-order valence-electron chi connectivity index (χ2n) is 6.85. The van der Waals surface area contributed by atoms with Gasteiger partial charge in [-0.25, -0.2) is 4.58 Å². The number of aromatic amines is 1. The Morgan fingerprint density at radius 2 is 1.82 bits per heavy atom. The number of nitrogens with one attached hydrogen (secondary N) is 1. The zero-order chi connectivity index (χ0) is 19.8. The fraction of sp³-hybridized carbons (Fsp3) is 0.143. The Morgan fingerprint density at radius 3 is 2.54 bits per heavy atom. The summed E-state index contributed by atoms with van der Waals surface area (Å²) in [5.74, 6) is 0.762. The van der Waals surface area contributed by atoms with Gasteiger partial charge in [-0.2, -0.15) is 0 Å². The summed E-state index contributed by atoms with van der Waals surface area (Å²) in [4.78, 5) is 21.8. The minimum Gasteiger partial charge on any atom is -0.375 e. The smallest absolute Gasteiger partial charge is 0.375 e. The predicted octanol–water partition coefficient (Wildman–Crippen LogP) is 2.99. The van der Waals surface area contributed by atoms with E-state index < -0.39 is 0 Å². The number of aromatic nitrogens is 4. The first-order chi connectivity index (χ1) is 13.4. The molecule has 1 N–H and O–H groups in total. The first-order valence-electron chi connectivity index (χ1n) is 8.88. The Labute approximate surface area is 162 Å².